The number of pyridine rings is 1. The van der Waals surface area contributed by atoms with E-state index in [2.05, 4.69) is 36.4 Å². The second-order valence-corrected chi connectivity index (χ2v) is 6.00. The highest BCUT2D eigenvalue weighted by Crippen LogP contribution is 2.27. The summed E-state index contributed by atoms with van der Waals surface area (Å²) >= 11 is 0. The van der Waals surface area contributed by atoms with E-state index in [0.717, 1.165) is 29.3 Å². The summed E-state index contributed by atoms with van der Waals surface area (Å²) in [4.78, 5) is 4.75. The molecule has 1 aromatic carbocycles. The number of nitrogens with zero attached hydrogens (tertiary/aromatic N) is 3. The Kier molecular flexibility index (Phi) is 4.42. The van der Waals surface area contributed by atoms with Crippen LogP contribution in [-0.2, 0) is 13.6 Å². The van der Waals surface area contributed by atoms with Crippen molar-refractivity contribution in [1.29, 1.82) is 0 Å². The van der Waals surface area contributed by atoms with Crippen molar-refractivity contribution in [3.05, 3.63) is 66.0 Å². The van der Waals surface area contributed by atoms with Crippen LogP contribution in [0.3, 0.4) is 0 Å². The lowest BCUT2D eigenvalue weighted by Crippen LogP contribution is -2.02. The number of anilines is 1. The summed E-state index contributed by atoms with van der Waals surface area (Å²) < 4.78 is 1.86. The maximum absolute atomic E-state index is 4.75. The topological polar surface area (TPSA) is 42.7 Å². The Morgan fingerprint density at radius 1 is 1.04 bits per heavy atom. The molecule has 0 aliphatic carbocycles. The fraction of sp³-hybridized carbons (Fsp3) is 0.263. The van der Waals surface area contributed by atoms with E-state index in [9.17, 15) is 0 Å². The SMILES string of the molecule is CC(C)c1nn(C)cc1-c1cccc(NCc2ccccc2)n1. The van der Waals surface area contributed by atoms with Gasteiger partial charge < -0.3 is 5.32 Å². The standard InChI is InChI=1S/C19H22N4/c1-14(2)19-16(13-23(3)22-19)17-10-7-11-18(21-17)20-12-15-8-5-4-6-9-15/h4-11,13-14H,12H2,1-3H3,(H,20,21). The van der Waals surface area contributed by atoms with E-state index < -0.39 is 0 Å². The Bertz CT molecular complexity index is 775. The highest BCUT2D eigenvalue weighted by atomic mass is 15.3. The minimum absolute atomic E-state index is 0.369. The molecule has 0 aliphatic rings. The van der Waals surface area contributed by atoms with E-state index in [4.69, 9.17) is 4.98 Å². The predicted octanol–water partition coefficient (Wildman–Crippen LogP) is 4.22. The van der Waals surface area contributed by atoms with Gasteiger partial charge in [-0.2, -0.15) is 5.10 Å². The van der Waals surface area contributed by atoms with Gasteiger partial charge in [-0.15, -0.1) is 0 Å². The van der Waals surface area contributed by atoms with Gasteiger partial charge in [0.25, 0.3) is 0 Å². The second kappa shape index (κ2) is 6.65. The summed E-state index contributed by atoms with van der Waals surface area (Å²) in [5, 5.41) is 7.95. The lowest BCUT2D eigenvalue weighted by Gasteiger charge is -2.09. The number of nitrogens with one attached hydrogen (secondary N) is 1. The molecule has 3 aromatic rings. The van der Waals surface area contributed by atoms with Crippen molar-refractivity contribution in [3.63, 3.8) is 0 Å². The lowest BCUT2D eigenvalue weighted by molar-refractivity contribution is 0.713. The highest BCUT2D eigenvalue weighted by Gasteiger charge is 2.14. The van der Waals surface area contributed by atoms with Crippen LogP contribution in [0.5, 0.6) is 0 Å². The fourth-order valence-corrected chi connectivity index (χ4v) is 2.60. The molecule has 0 spiro atoms. The average Bonchev–Trinajstić information content (AvgIpc) is 2.96. The molecule has 0 atom stereocenters. The zero-order chi connectivity index (χ0) is 16.2. The van der Waals surface area contributed by atoms with Gasteiger partial charge in [0.05, 0.1) is 11.4 Å². The number of aromatic nitrogens is 3. The van der Waals surface area contributed by atoms with Crippen LogP contribution in [0.4, 0.5) is 5.82 Å². The molecular formula is C19H22N4. The molecular weight excluding hydrogens is 284 g/mol. The van der Waals surface area contributed by atoms with Gasteiger partial charge in [0, 0.05) is 25.4 Å². The van der Waals surface area contributed by atoms with Crippen molar-refractivity contribution in [3.8, 4) is 11.3 Å². The molecule has 3 rings (SSSR count). The summed E-state index contributed by atoms with van der Waals surface area (Å²) in [7, 11) is 1.95. The molecule has 0 bridgehead atoms. The molecule has 4 heteroatoms. The van der Waals surface area contributed by atoms with Crippen molar-refractivity contribution >= 4 is 5.82 Å². The molecule has 0 saturated carbocycles. The summed E-state index contributed by atoms with van der Waals surface area (Å²) in [6.45, 7) is 5.08. The smallest absolute Gasteiger partial charge is 0.126 e. The molecule has 0 aliphatic heterocycles. The van der Waals surface area contributed by atoms with Crippen LogP contribution in [-0.4, -0.2) is 14.8 Å². The van der Waals surface area contributed by atoms with E-state index in [1.165, 1.54) is 5.56 Å². The molecule has 0 saturated heterocycles. The Hall–Kier alpha value is -2.62. The third-order valence-corrected chi connectivity index (χ3v) is 3.75. The third-order valence-electron chi connectivity index (χ3n) is 3.75. The Morgan fingerprint density at radius 2 is 1.83 bits per heavy atom. The molecule has 118 valence electrons. The predicted molar refractivity (Wildman–Crippen MR) is 94.3 cm³/mol. The quantitative estimate of drug-likeness (QED) is 0.767. The molecule has 23 heavy (non-hydrogen) atoms. The van der Waals surface area contributed by atoms with Crippen LogP contribution < -0.4 is 5.32 Å². The normalized spacial score (nSPS) is 11.0. The minimum atomic E-state index is 0.369. The summed E-state index contributed by atoms with van der Waals surface area (Å²) in [6.07, 6.45) is 2.04. The van der Waals surface area contributed by atoms with Gasteiger partial charge >= 0.3 is 0 Å². The van der Waals surface area contributed by atoms with Gasteiger partial charge in [0.15, 0.2) is 0 Å². The highest BCUT2D eigenvalue weighted by molar-refractivity contribution is 5.63. The summed E-state index contributed by atoms with van der Waals surface area (Å²) in [5.74, 6) is 1.25. The molecule has 2 aromatic heterocycles. The van der Waals surface area contributed by atoms with Crippen molar-refractivity contribution < 1.29 is 0 Å². The number of hydrogen-bond donors (Lipinski definition) is 1. The first-order chi connectivity index (χ1) is 11.1. The van der Waals surface area contributed by atoms with Gasteiger partial charge in [0.1, 0.15) is 5.82 Å². The number of aryl methyl sites for hydroxylation is 1. The van der Waals surface area contributed by atoms with Gasteiger partial charge in [-0.25, -0.2) is 4.98 Å². The minimum Gasteiger partial charge on any atom is -0.366 e. The van der Waals surface area contributed by atoms with E-state index in [-0.39, 0.29) is 0 Å². The number of benzene rings is 1. The second-order valence-electron chi connectivity index (χ2n) is 6.00. The summed E-state index contributed by atoms with van der Waals surface area (Å²) in [5.41, 5.74) is 4.38. The molecule has 0 unspecified atom stereocenters. The van der Waals surface area contributed by atoms with Crippen molar-refractivity contribution in [2.45, 2.75) is 26.3 Å². The van der Waals surface area contributed by atoms with Gasteiger partial charge in [-0.1, -0.05) is 50.2 Å². The first-order valence-corrected chi connectivity index (χ1v) is 7.92. The number of hydrogen-bond acceptors (Lipinski definition) is 3. The average molecular weight is 306 g/mol. The first kappa shape index (κ1) is 15.3. The van der Waals surface area contributed by atoms with Crippen LogP contribution in [0.1, 0.15) is 31.0 Å². The van der Waals surface area contributed by atoms with E-state index in [0.29, 0.717) is 5.92 Å². The van der Waals surface area contributed by atoms with Crippen LogP contribution in [0.15, 0.2) is 54.7 Å². The Balaban J connectivity index is 1.83. The summed E-state index contributed by atoms with van der Waals surface area (Å²) in [6, 6.07) is 16.4. The molecule has 0 fully saturated rings. The van der Waals surface area contributed by atoms with Crippen LogP contribution in [0.25, 0.3) is 11.3 Å². The van der Waals surface area contributed by atoms with E-state index in [1.807, 2.05) is 54.3 Å². The van der Waals surface area contributed by atoms with Gasteiger partial charge in [-0.05, 0) is 23.6 Å². The van der Waals surface area contributed by atoms with Crippen molar-refractivity contribution in [2.24, 2.45) is 7.05 Å². The third kappa shape index (κ3) is 3.59. The van der Waals surface area contributed by atoms with E-state index >= 15 is 0 Å². The molecule has 2 heterocycles. The zero-order valence-electron chi connectivity index (χ0n) is 13.8. The van der Waals surface area contributed by atoms with Gasteiger partial charge in [0.2, 0.25) is 0 Å². The molecule has 4 nitrogen and oxygen atoms in total. The van der Waals surface area contributed by atoms with Crippen LogP contribution >= 0.6 is 0 Å². The molecule has 1 N–H and O–H groups in total. The maximum Gasteiger partial charge on any atom is 0.126 e. The van der Waals surface area contributed by atoms with Gasteiger partial charge in [-0.3, -0.25) is 4.68 Å². The fourth-order valence-electron chi connectivity index (χ4n) is 2.60. The van der Waals surface area contributed by atoms with Crippen molar-refractivity contribution in [2.75, 3.05) is 5.32 Å². The molecule has 0 amide bonds. The molecule has 0 radical (unpaired) electrons. The van der Waals surface area contributed by atoms with Crippen molar-refractivity contribution in [1.82, 2.24) is 14.8 Å². The Labute approximate surface area is 137 Å². The number of rotatable bonds is 5. The Morgan fingerprint density at radius 3 is 2.57 bits per heavy atom. The zero-order valence-corrected chi connectivity index (χ0v) is 13.8. The largest absolute Gasteiger partial charge is 0.366 e. The first-order valence-electron chi connectivity index (χ1n) is 7.92. The van der Waals surface area contributed by atoms with Crippen LogP contribution in [0.2, 0.25) is 0 Å². The van der Waals surface area contributed by atoms with E-state index in [1.54, 1.807) is 0 Å². The monoisotopic (exact) mass is 306 g/mol. The lowest BCUT2D eigenvalue weighted by atomic mass is 10.0. The van der Waals surface area contributed by atoms with Crippen LogP contribution in [0, 0.1) is 0 Å². The maximum atomic E-state index is 4.75.